The number of amides is 1. The lowest BCUT2D eigenvalue weighted by atomic mass is 10.2. The van der Waals surface area contributed by atoms with Gasteiger partial charge < -0.3 is 4.42 Å². The van der Waals surface area contributed by atoms with E-state index in [1.807, 2.05) is 6.92 Å². The molecule has 0 bridgehead atoms. The number of nitrogens with one attached hydrogen (secondary N) is 1. The van der Waals surface area contributed by atoms with Crippen molar-refractivity contribution in [3.63, 3.8) is 0 Å². The van der Waals surface area contributed by atoms with E-state index in [0.29, 0.717) is 11.3 Å². The highest BCUT2D eigenvalue weighted by Gasteiger charge is 2.09. The highest BCUT2D eigenvalue weighted by atomic mass is 16.3. The molecule has 15 heavy (non-hydrogen) atoms. The van der Waals surface area contributed by atoms with Gasteiger partial charge in [0, 0.05) is 5.71 Å². The van der Waals surface area contributed by atoms with Gasteiger partial charge in [-0.1, -0.05) is 13.3 Å². The van der Waals surface area contributed by atoms with Crippen molar-refractivity contribution in [3.8, 4) is 0 Å². The first kappa shape index (κ1) is 11.5. The molecule has 1 aromatic heterocycles. The molecule has 0 fully saturated rings. The SMILES string of the molecule is CCCC(C)=NNC(=O)c1ccoc1C. The highest BCUT2D eigenvalue weighted by Crippen LogP contribution is 2.07. The van der Waals surface area contributed by atoms with Gasteiger partial charge in [0.05, 0.1) is 11.8 Å². The van der Waals surface area contributed by atoms with Crippen molar-refractivity contribution in [3.05, 3.63) is 23.7 Å². The van der Waals surface area contributed by atoms with Crippen LogP contribution in [0.4, 0.5) is 0 Å². The highest BCUT2D eigenvalue weighted by molar-refractivity contribution is 5.95. The number of rotatable bonds is 4. The van der Waals surface area contributed by atoms with Crippen LogP contribution in [0.2, 0.25) is 0 Å². The predicted molar refractivity (Wildman–Crippen MR) is 58.9 cm³/mol. The van der Waals surface area contributed by atoms with E-state index in [1.165, 1.54) is 6.26 Å². The van der Waals surface area contributed by atoms with Gasteiger partial charge in [-0.25, -0.2) is 5.43 Å². The van der Waals surface area contributed by atoms with Gasteiger partial charge >= 0.3 is 0 Å². The summed E-state index contributed by atoms with van der Waals surface area (Å²) in [4.78, 5) is 11.6. The van der Waals surface area contributed by atoms with E-state index in [2.05, 4.69) is 17.5 Å². The van der Waals surface area contributed by atoms with Gasteiger partial charge in [-0.15, -0.1) is 0 Å². The number of carbonyl (C=O) groups is 1. The van der Waals surface area contributed by atoms with Crippen LogP contribution >= 0.6 is 0 Å². The summed E-state index contributed by atoms with van der Waals surface area (Å²) < 4.78 is 5.03. The smallest absolute Gasteiger partial charge is 0.274 e. The number of hydrogen-bond donors (Lipinski definition) is 1. The quantitative estimate of drug-likeness (QED) is 0.610. The molecule has 0 aliphatic carbocycles. The molecule has 0 aliphatic heterocycles. The number of nitrogens with zero attached hydrogens (tertiary/aromatic N) is 1. The Morgan fingerprint density at radius 2 is 2.33 bits per heavy atom. The maximum atomic E-state index is 11.6. The first-order chi connectivity index (χ1) is 7.15. The molecule has 4 nitrogen and oxygen atoms in total. The molecule has 0 aromatic carbocycles. The van der Waals surface area contributed by atoms with Crippen LogP contribution in [0.15, 0.2) is 21.8 Å². The first-order valence-corrected chi connectivity index (χ1v) is 5.02. The van der Waals surface area contributed by atoms with Crippen molar-refractivity contribution in [2.24, 2.45) is 5.10 Å². The molecule has 0 spiro atoms. The molecule has 0 aliphatic rings. The minimum absolute atomic E-state index is 0.225. The Labute approximate surface area is 89.4 Å². The Balaban J connectivity index is 2.57. The van der Waals surface area contributed by atoms with Crippen LogP contribution in [-0.2, 0) is 0 Å². The van der Waals surface area contributed by atoms with Crippen LogP contribution in [0.5, 0.6) is 0 Å². The summed E-state index contributed by atoms with van der Waals surface area (Å²) in [7, 11) is 0. The van der Waals surface area contributed by atoms with Gasteiger partial charge in [0.15, 0.2) is 0 Å². The lowest BCUT2D eigenvalue weighted by molar-refractivity contribution is 0.0953. The van der Waals surface area contributed by atoms with Crippen molar-refractivity contribution in [2.75, 3.05) is 0 Å². The summed E-state index contributed by atoms with van der Waals surface area (Å²) >= 11 is 0. The Kier molecular flexibility index (Phi) is 4.09. The van der Waals surface area contributed by atoms with E-state index in [1.54, 1.807) is 13.0 Å². The summed E-state index contributed by atoms with van der Waals surface area (Å²) in [5.41, 5.74) is 3.95. The third-order valence-electron chi connectivity index (χ3n) is 2.06. The Bertz CT molecular complexity index is 366. The van der Waals surface area contributed by atoms with Crippen LogP contribution in [0.1, 0.15) is 42.8 Å². The third-order valence-corrected chi connectivity index (χ3v) is 2.06. The fourth-order valence-corrected chi connectivity index (χ4v) is 1.24. The molecule has 0 atom stereocenters. The minimum Gasteiger partial charge on any atom is -0.469 e. The lowest BCUT2D eigenvalue weighted by Gasteiger charge is -2.00. The van der Waals surface area contributed by atoms with E-state index in [-0.39, 0.29) is 5.91 Å². The molecule has 4 heteroatoms. The van der Waals surface area contributed by atoms with Crippen LogP contribution in [0, 0.1) is 6.92 Å². The molecular formula is C11H16N2O2. The van der Waals surface area contributed by atoms with Gasteiger partial charge in [-0.2, -0.15) is 5.10 Å². The average Bonchev–Trinajstić information content (AvgIpc) is 2.61. The van der Waals surface area contributed by atoms with Crippen molar-refractivity contribution in [1.82, 2.24) is 5.43 Å². The Morgan fingerprint density at radius 1 is 1.60 bits per heavy atom. The summed E-state index contributed by atoms with van der Waals surface area (Å²) in [5, 5.41) is 3.99. The molecule has 1 rings (SSSR count). The van der Waals surface area contributed by atoms with Gasteiger partial charge in [0.1, 0.15) is 5.76 Å². The number of hydrazone groups is 1. The lowest BCUT2D eigenvalue weighted by Crippen LogP contribution is -2.19. The average molecular weight is 208 g/mol. The van der Waals surface area contributed by atoms with E-state index in [4.69, 9.17) is 4.42 Å². The number of furan rings is 1. The predicted octanol–water partition coefficient (Wildman–Crippen LogP) is 2.49. The minimum atomic E-state index is -0.225. The first-order valence-electron chi connectivity index (χ1n) is 5.02. The molecule has 1 aromatic rings. The second kappa shape index (κ2) is 5.34. The Morgan fingerprint density at radius 3 is 2.87 bits per heavy atom. The monoisotopic (exact) mass is 208 g/mol. The van der Waals surface area contributed by atoms with Crippen LogP contribution in [0.25, 0.3) is 0 Å². The molecular weight excluding hydrogens is 192 g/mol. The van der Waals surface area contributed by atoms with E-state index in [9.17, 15) is 4.79 Å². The second-order valence-electron chi connectivity index (χ2n) is 3.43. The zero-order chi connectivity index (χ0) is 11.3. The normalized spacial score (nSPS) is 11.5. The number of carbonyl (C=O) groups excluding carboxylic acids is 1. The molecule has 82 valence electrons. The van der Waals surface area contributed by atoms with Crippen LogP contribution in [0.3, 0.4) is 0 Å². The zero-order valence-electron chi connectivity index (χ0n) is 9.33. The van der Waals surface area contributed by atoms with E-state index >= 15 is 0 Å². The molecule has 0 radical (unpaired) electrons. The summed E-state index contributed by atoms with van der Waals surface area (Å²) in [5.74, 6) is 0.382. The topological polar surface area (TPSA) is 54.6 Å². The summed E-state index contributed by atoms with van der Waals surface area (Å²) in [6.07, 6.45) is 3.41. The Hall–Kier alpha value is -1.58. The van der Waals surface area contributed by atoms with Gasteiger partial charge in [0.25, 0.3) is 5.91 Å². The van der Waals surface area contributed by atoms with Gasteiger partial charge in [-0.05, 0) is 26.3 Å². The number of aryl methyl sites for hydroxylation is 1. The van der Waals surface area contributed by atoms with Crippen LogP contribution in [-0.4, -0.2) is 11.6 Å². The van der Waals surface area contributed by atoms with E-state index in [0.717, 1.165) is 18.6 Å². The zero-order valence-corrected chi connectivity index (χ0v) is 9.33. The maximum absolute atomic E-state index is 11.6. The van der Waals surface area contributed by atoms with Crippen molar-refractivity contribution in [2.45, 2.75) is 33.6 Å². The molecule has 0 saturated carbocycles. The van der Waals surface area contributed by atoms with Crippen LogP contribution < -0.4 is 5.43 Å². The number of hydrogen-bond acceptors (Lipinski definition) is 3. The molecule has 1 amide bonds. The van der Waals surface area contributed by atoms with Crippen molar-refractivity contribution < 1.29 is 9.21 Å². The van der Waals surface area contributed by atoms with Gasteiger partial charge in [0.2, 0.25) is 0 Å². The molecule has 1 N–H and O–H groups in total. The second-order valence-corrected chi connectivity index (χ2v) is 3.43. The molecule has 1 heterocycles. The summed E-state index contributed by atoms with van der Waals surface area (Å²) in [6.45, 7) is 5.71. The summed E-state index contributed by atoms with van der Waals surface area (Å²) in [6, 6.07) is 1.63. The fraction of sp³-hybridized carbons (Fsp3) is 0.455. The maximum Gasteiger partial charge on any atom is 0.274 e. The van der Waals surface area contributed by atoms with Crippen molar-refractivity contribution >= 4 is 11.6 Å². The largest absolute Gasteiger partial charge is 0.469 e. The van der Waals surface area contributed by atoms with E-state index < -0.39 is 0 Å². The molecule has 0 saturated heterocycles. The third kappa shape index (κ3) is 3.23. The molecule has 0 unspecified atom stereocenters. The standard InChI is InChI=1S/C11H16N2O2/c1-4-5-8(2)12-13-11(14)10-6-7-15-9(10)3/h6-7H,4-5H2,1-3H3,(H,13,14). The fourth-order valence-electron chi connectivity index (χ4n) is 1.24. The van der Waals surface area contributed by atoms with Crippen molar-refractivity contribution in [1.29, 1.82) is 0 Å². The van der Waals surface area contributed by atoms with Gasteiger partial charge in [-0.3, -0.25) is 4.79 Å².